The van der Waals surface area contributed by atoms with Gasteiger partial charge in [0.15, 0.2) is 11.5 Å². The monoisotopic (exact) mass is 284 g/mol. The zero-order chi connectivity index (χ0) is 15.1. The summed E-state index contributed by atoms with van der Waals surface area (Å²) in [5.41, 5.74) is -1.05. The fraction of sp³-hybridized carbons (Fsp3) is 0.333. The van der Waals surface area contributed by atoms with E-state index < -0.39 is 34.0 Å². The van der Waals surface area contributed by atoms with Gasteiger partial charge in [0.1, 0.15) is 0 Å². The molecule has 0 fully saturated rings. The summed E-state index contributed by atoms with van der Waals surface area (Å²) in [4.78, 5) is 32.5. The van der Waals surface area contributed by atoms with Crippen LogP contribution in [0, 0.1) is 15.9 Å². The van der Waals surface area contributed by atoms with Crippen molar-refractivity contribution in [3.63, 3.8) is 0 Å². The molecule has 7 nitrogen and oxygen atoms in total. The zero-order valence-corrected chi connectivity index (χ0v) is 10.7. The van der Waals surface area contributed by atoms with Crippen molar-refractivity contribution in [3.05, 3.63) is 34.1 Å². The second-order valence-electron chi connectivity index (χ2n) is 3.74. The summed E-state index contributed by atoms with van der Waals surface area (Å²) in [6, 6.07) is 3.24. The second-order valence-corrected chi connectivity index (χ2v) is 3.74. The average Bonchev–Trinajstić information content (AvgIpc) is 2.39. The number of nitrogens with one attached hydrogen (secondary N) is 1. The standard InChI is InChI=1S/C12H13FN2O5/c1-2-20-11(17)7-6-10(16)14-12-8(13)4-3-5-9(12)15(18)19/h3-5H,2,6-7H2,1H3,(H,14,16). The number of ether oxygens (including phenoxy) is 1. The summed E-state index contributed by atoms with van der Waals surface area (Å²) in [7, 11) is 0. The average molecular weight is 284 g/mol. The van der Waals surface area contributed by atoms with Gasteiger partial charge in [0.2, 0.25) is 5.91 Å². The first kappa shape index (κ1) is 15.5. The Labute approximate surface area is 113 Å². The van der Waals surface area contributed by atoms with Crippen LogP contribution in [0.1, 0.15) is 19.8 Å². The number of amides is 1. The van der Waals surface area contributed by atoms with E-state index in [2.05, 4.69) is 10.1 Å². The molecule has 1 amide bonds. The molecule has 1 rings (SSSR count). The molecule has 0 saturated heterocycles. The number of anilines is 1. The van der Waals surface area contributed by atoms with E-state index in [-0.39, 0.29) is 19.4 Å². The summed E-state index contributed by atoms with van der Waals surface area (Å²) in [6.45, 7) is 1.82. The van der Waals surface area contributed by atoms with Crippen molar-refractivity contribution in [2.75, 3.05) is 11.9 Å². The van der Waals surface area contributed by atoms with Crippen molar-refractivity contribution in [2.24, 2.45) is 0 Å². The maximum absolute atomic E-state index is 13.5. The molecule has 20 heavy (non-hydrogen) atoms. The van der Waals surface area contributed by atoms with Crippen LogP contribution in [0.4, 0.5) is 15.8 Å². The first-order valence-electron chi connectivity index (χ1n) is 5.84. The third-order valence-electron chi connectivity index (χ3n) is 2.31. The summed E-state index contributed by atoms with van der Waals surface area (Å²) in [5.74, 6) is -2.18. The van der Waals surface area contributed by atoms with Crippen LogP contribution in [0.2, 0.25) is 0 Å². The number of carbonyl (C=O) groups excluding carboxylic acids is 2. The number of hydrogen-bond donors (Lipinski definition) is 1. The Morgan fingerprint density at radius 3 is 2.70 bits per heavy atom. The van der Waals surface area contributed by atoms with Crippen molar-refractivity contribution >= 4 is 23.3 Å². The van der Waals surface area contributed by atoms with Crippen LogP contribution in [0.25, 0.3) is 0 Å². The number of para-hydroxylation sites is 1. The van der Waals surface area contributed by atoms with E-state index in [4.69, 9.17) is 0 Å². The summed E-state index contributed by atoms with van der Waals surface area (Å²) >= 11 is 0. The first-order chi connectivity index (χ1) is 9.45. The van der Waals surface area contributed by atoms with E-state index >= 15 is 0 Å². The Morgan fingerprint density at radius 1 is 1.40 bits per heavy atom. The molecule has 1 aromatic rings. The molecular weight excluding hydrogens is 271 g/mol. The molecule has 0 radical (unpaired) electrons. The lowest BCUT2D eigenvalue weighted by atomic mass is 10.2. The highest BCUT2D eigenvalue weighted by Gasteiger charge is 2.20. The minimum absolute atomic E-state index is 0.179. The third-order valence-corrected chi connectivity index (χ3v) is 2.31. The SMILES string of the molecule is CCOC(=O)CCC(=O)Nc1c(F)cccc1[N+](=O)[O-]. The molecular formula is C12H13FN2O5. The lowest BCUT2D eigenvalue weighted by Gasteiger charge is -2.06. The van der Waals surface area contributed by atoms with Crippen molar-refractivity contribution in [2.45, 2.75) is 19.8 Å². The molecule has 108 valence electrons. The molecule has 1 N–H and O–H groups in total. The Morgan fingerprint density at radius 2 is 2.10 bits per heavy atom. The van der Waals surface area contributed by atoms with Gasteiger partial charge >= 0.3 is 5.97 Å². The molecule has 0 spiro atoms. The van der Waals surface area contributed by atoms with E-state index in [1.54, 1.807) is 6.92 Å². The number of esters is 1. The molecule has 0 aliphatic rings. The van der Waals surface area contributed by atoms with Crippen LogP contribution in [-0.2, 0) is 14.3 Å². The quantitative estimate of drug-likeness (QED) is 0.489. The van der Waals surface area contributed by atoms with Crippen molar-refractivity contribution in [1.82, 2.24) is 0 Å². The van der Waals surface area contributed by atoms with Crippen molar-refractivity contribution < 1.29 is 23.6 Å². The maximum atomic E-state index is 13.5. The third kappa shape index (κ3) is 4.30. The fourth-order valence-electron chi connectivity index (χ4n) is 1.44. The van der Waals surface area contributed by atoms with Gasteiger partial charge in [-0.2, -0.15) is 0 Å². The number of nitro groups is 1. The van der Waals surface area contributed by atoms with Gasteiger partial charge in [0.25, 0.3) is 5.69 Å². The zero-order valence-electron chi connectivity index (χ0n) is 10.7. The van der Waals surface area contributed by atoms with Gasteiger partial charge in [-0.05, 0) is 13.0 Å². The highest BCUT2D eigenvalue weighted by Crippen LogP contribution is 2.27. The van der Waals surface area contributed by atoms with E-state index in [9.17, 15) is 24.1 Å². The van der Waals surface area contributed by atoms with E-state index in [1.165, 1.54) is 6.07 Å². The second kappa shape index (κ2) is 7.17. The minimum atomic E-state index is -0.913. The van der Waals surface area contributed by atoms with E-state index in [1.807, 2.05) is 0 Å². The molecule has 1 aromatic carbocycles. The Bertz CT molecular complexity index is 533. The summed E-state index contributed by atoms with van der Waals surface area (Å²) < 4.78 is 18.1. The van der Waals surface area contributed by atoms with Gasteiger partial charge in [-0.1, -0.05) is 6.07 Å². The Balaban J connectivity index is 2.71. The summed E-state index contributed by atoms with van der Waals surface area (Å²) in [6.07, 6.45) is -0.424. The van der Waals surface area contributed by atoms with Crippen LogP contribution in [0.5, 0.6) is 0 Å². The lowest BCUT2D eigenvalue weighted by Crippen LogP contribution is -2.16. The number of hydrogen-bond acceptors (Lipinski definition) is 5. The van der Waals surface area contributed by atoms with Gasteiger partial charge < -0.3 is 10.1 Å². The van der Waals surface area contributed by atoms with Gasteiger partial charge in [0, 0.05) is 12.5 Å². The Hall–Kier alpha value is -2.51. The number of nitrogens with zero attached hydrogens (tertiary/aromatic N) is 1. The molecule has 0 aliphatic heterocycles. The topological polar surface area (TPSA) is 98.5 Å². The van der Waals surface area contributed by atoms with Gasteiger partial charge in [-0.3, -0.25) is 19.7 Å². The largest absolute Gasteiger partial charge is 0.466 e. The number of carbonyl (C=O) groups is 2. The number of nitro benzene ring substituents is 1. The number of halogens is 1. The molecule has 0 aromatic heterocycles. The molecule has 0 unspecified atom stereocenters. The fourth-order valence-corrected chi connectivity index (χ4v) is 1.44. The molecule has 0 saturated carbocycles. The molecule has 0 aliphatic carbocycles. The molecule has 0 heterocycles. The van der Waals surface area contributed by atoms with Crippen molar-refractivity contribution in [1.29, 1.82) is 0 Å². The van der Waals surface area contributed by atoms with Gasteiger partial charge in [-0.25, -0.2) is 4.39 Å². The first-order valence-corrected chi connectivity index (χ1v) is 5.84. The highest BCUT2D eigenvalue weighted by molar-refractivity contribution is 5.94. The molecule has 8 heteroatoms. The smallest absolute Gasteiger partial charge is 0.306 e. The van der Waals surface area contributed by atoms with Crippen LogP contribution >= 0.6 is 0 Å². The van der Waals surface area contributed by atoms with E-state index in [0.717, 1.165) is 12.1 Å². The van der Waals surface area contributed by atoms with Gasteiger partial charge in [-0.15, -0.1) is 0 Å². The Kier molecular flexibility index (Phi) is 5.57. The number of rotatable bonds is 6. The highest BCUT2D eigenvalue weighted by atomic mass is 19.1. The van der Waals surface area contributed by atoms with Crippen LogP contribution < -0.4 is 5.32 Å². The van der Waals surface area contributed by atoms with Crippen LogP contribution in [0.15, 0.2) is 18.2 Å². The van der Waals surface area contributed by atoms with E-state index in [0.29, 0.717) is 0 Å². The maximum Gasteiger partial charge on any atom is 0.306 e. The normalized spacial score (nSPS) is 9.90. The minimum Gasteiger partial charge on any atom is -0.466 e. The molecule has 0 bridgehead atoms. The van der Waals surface area contributed by atoms with Crippen LogP contribution in [0.3, 0.4) is 0 Å². The van der Waals surface area contributed by atoms with Gasteiger partial charge in [0.05, 0.1) is 18.0 Å². The lowest BCUT2D eigenvalue weighted by molar-refractivity contribution is -0.384. The number of benzene rings is 1. The predicted octanol–water partition coefficient (Wildman–Crippen LogP) is 2.02. The van der Waals surface area contributed by atoms with Crippen molar-refractivity contribution in [3.8, 4) is 0 Å². The molecule has 0 atom stereocenters. The summed E-state index contributed by atoms with van der Waals surface area (Å²) in [5, 5.41) is 12.8. The van der Waals surface area contributed by atoms with Crippen LogP contribution in [-0.4, -0.2) is 23.4 Å². The predicted molar refractivity (Wildman–Crippen MR) is 67.6 cm³/mol.